The maximum atomic E-state index is 15.2. The number of imide groups is 1. The lowest BCUT2D eigenvalue weighted by Crippen LogP contribution is -2.53. The normalized spacial score (nSPS) is 22.2. The number of aromatic hydroxyl groups is 1. The van der Waals surface area contributed by atoms with E-state index in [2.05, 4.69) is 5.43 Å². The van der Waals surface area contributed by atoms with Crippen LogP contribution in [0.2, 0.25) is 5.02 Å². The Morgan fingerprint density at radius 1 is 0.922 bits per heavy atom. The topological polar surface area (TPSA) is 128 Å². The number of carbonyl (C=O) groups is 2. The number of anilines is 1. The van der Waals surface area contributed by atoms with E-state index in [1.807, 2.05) is 0 Å². The van der Waals surface area contributed by atoms with E-state index in [1.54, 1.807) is 85.8 Å². The van der Waals surface area contributed by atoms with E-state index in [-0.39, 0.29) is 31.1 Å². The summed E-state index contributed by atoms with van der Waals surface area (Å²) in [7, 11) is 0. The van der Waals surface area contributed by atoms with E-state index in [0.29, 0.717) is 33.1 Å². The number of para-hydroxylation sites is 2. The number of phenolic OH excluding ortho intramolecular Hbond substituents is 1. The standard InChI is InChI=1S/C38H31ClFN5O6/c1-2-51-31-10-6-9-28(33(31)46)32-27-19-20-42-36(49)43(26-7-4-3-5-8-26)37(50)45(42)30(27)21-29-34(47)44(41-25-17-15-24(40)16-18-25)35(48)38(29,32)22-11-13-23(39)14-12-22/h3-19,29-30,32,41,46H,2,20-21H2,1H3/t29-,30+,32+,38+/m0/s1. The van der Waals surface area contributed by atoms with Crippen molar-refractivity contribution in [2.45, 2.75) is 37.3 Å². The molecule has 5 aromatic rings. The number of ether oxygens (including phenoxy) is 1. The molecule has 1 saturated heterocycles. The number of hydrogen-bond acceptors (Lipinski definition) is 7. The predicted molar refractivity (Wildman–Crippen MR) is 187 cm³/mol. The SMILES string of the molecule is CCOc1cccc([C@H]2C3=CCn4c(=O)n(-c5ccccc5)c(=O)n4[C@@H]3C[C@H]3C(=O)N(Nc4ccc(F)cc4)C(=O)[C@@]23c2ccc(Cl)cc2)c1O. The van der Waals surface area contributed by atoms with Gasteiger partial charge in [-0.3, -0.25) is 15.0 Å². The van der Waals surface area contributed by atoms with Gasteiger partial charge < -0.3 is 9.84 Å². The molecule has 0 unspecified atom stereocenters. The van der Waals surface area contributed by atoms with Crippen molar-refractivity contribution >= 4 is 29.1 Å². The molecule has 8 rings (SSSR count). The number of carbonyl (C=O) groups excluding carboxylic acids is 2. The molecule has 258 valence electrons. The third kappa shape index (κ3) is 4.77. The number of nitrogens with one attached hydrogen (secondary N) is 1. The lowest BCUT2D eigenvalue weighted by atomic mass is 9.53. The van der Waals surface area contributed by atoms with Crippen molar-refractivity contribution in [2.75, 3.05) is 12.0 Å². The summed E-state index contributed by atoms with van der Waals surface area (Å²) in [5.41, 5.74) is 2.08. The number of hydrogen-bond donors (Lipinski definition) is 2. The summed E-state index contributed by atoms with van der Waals surface area (Å²) in [6.45, 7) is 2.02. The Balaban J connectivity index is 1.40. The Morgan fingerprint density at radius 3 is 2.35 bits per heavy atom. The van der Waals surface area contributed by atoms with Crippen LogP contribution in [0.5, 0.6) is 11.5 Å². The number of rotatable bonds is 7. The summed E-state index contributed by atoms with van der Waals surface area (Å²) < 4.78 is 23.4. The van der Waals surface area contributed by atoms with Crippen LogP contribution in [0, 0.1) is 11.7 Å². The number of amides is 2. The monoisotopic (exact) mass is 707 g/mol. The summed E-state index contributed by atoms with van der Waals surface area (Å²) in [5.74, 6) is -3.90. The molecule has 51 heavy (non-hydrogen) atoms. The van der Waals surface area contributed by atoms with Crippen LogP contribution in [0.4, 0.5) is 10.1 Å². The Bertz CT molecular complexity index is 2350. The molecule has 2 N–H and O–H groups in total. The van der Waals surface area contributed by atoms with Gasteiger partial charge in [0.05, 0.1) is 41.9 Å². The van der Waals surface area contributed by atoms with Gasteiger partial charge in [0, 0.05) is 16.5 Å². The molecule has 1 aliphatic carbocycles. The Labute approximate surface area is 295 Å². The van der Waals surface area contributed by atoms with Crippen LogP contribution in [0.3, 0.4) is 0 Å². The van der Waals surface area contributed by atoms with Gasteiger partial charge in [-0.25, -0.2) is 27.9 Å². The molecule has 4 aromatic carbocycles. The molecule has 2 aliphatic heterocycles. The van der Waals surface area contributed by atoms with Crippen LogP contribution in [0.25, 0.3) is 5.69 Å². The van der Waals surface area contributed by atoms with E-state index in [1.165, 1.54) is 33.6 Å². The zero-order valence-corrected chi connectivity index (χ0v) is 28.0. The number of halogens is 2. The van der Waals surface area contributed by atoms with E-state index in [4.69, 9.17) is 16.3 Å². The van der Waals surface area contributed by atoms with Crippen molar-refractivity contribution in [3.63, 3.8) is 0 Å². The maximum Gasteiger partial charge on any atom is 0.352 e. The summed E-state index contributed by atoms with van der Waals surface area (Å²) in [5, 5.41) is 13.2. The smallest absolute Gasteiger partial charge is 0.352 e. The van der Waals surface area contributed by atoms with Gasteiger partial charge in [0.15, 0.2) is 11.5 Å². The minimum atomic E-state index is -1.67. The number of nitrogens with zero attached hydrogens (tertiary/aromatic N) is 4. The number of phenols is 1. The van der Waals surface area contributed by atoms with Crippen LogP contribution in [0.1, 0.15) is 36.4 Å². The average Bonchev–Trinajstić information content (AvgIpc) is 3.51. The van der Waals surface area contributed by atoms with Gasteiger partial charge in [-0.1, -0.05) is 60.1 Å². The van der Waals surface area contributed by atoms with E-state index in [9.17, 15) is 23.9 Å². The fourth-order valence-corrected chi connectivity index (χ4v) is 8.23. The van der Waals surface area contributed by atoms with Crippen LogP contribution in [-0.4, -0.2) is 42.5 Å². The highest BCUT2D eigenvalue weighted by Gasteiger charge is 2.69. The lowest BCUT2D eigenvalue weighted by Gasteiger charge is -2.49. The van der Waals surface area contributed by atoms with Gasteiger partial charge >= 0.3 is 11.4 Å². The molecule has 3 heterocycles. The van der Waals surface area contributed by atoms with E-state index >= 15 is 4.79 Å². The van der Waals surface area contributed by atoms with Gasteiger partial charge in [0.2, 0.25) is 0 Å². The molecule has 1 saturated carbocycles. The van der Waals surface area contributed by atoms with Crippen molar-refractivity contribution in [3.05, 3.63) is 152 Å². The van der Waals surface area contributed by atoms with Gasteiger partial charge in [-0.2, -0.15) is 5.01 Å². The Kier molecular flexibility index (Phi) is 7.71. The zero-order valence-electron chi connectivity index (χ0n) is 27.2. The van der Waals surface area contributed by atoms with Gasteiger partial charge in [0.25, 0.3) is 11.8 Å². The first-order valence-corrected chi connectivity index (χ1v) is 16.9. The fourth-order valence-electron chi connectivity index (χ4n) is 8.10. The van der Waals surface area contributed by atoms with Gasteiger partial charge in [0.1, 0.15) is 5.82 Å². The van der Waals surface area contributed by atoms with Gasteiger partial charge in [-0.05, 0) is 79.1 Å². The highest BCUT2D eigenvalue weighted by atomic mass is 35.5. The number of allylic oxidation sites excluding steroid dienone is 2. The van der Waals surface area contributed by atoms with Crippen molar-refractivity contribution in [3.8, 4) is 17.2 Å². The lowest BCUT2D eigenvalue weighted by molar-refractivity contribution is -0.138. The van der Waals surface area contributed by atoms with Crippen molar-refractivity contribution in [1.29, 1.82) is 0 Å². The van der Waals surface area contributed by atoms with E-state index in [0.717, 1.165) is 9.58 Å². The highest BCUT2D eigenvalue weighted by molar-refractivity contribution is 6.30. The number of benzene rings is 4. The fraction of sp³-hybridized carbons (Fsp3) is 0.211. The molecule has 1 aromatic heterocycles. The Hall–Kier alpha value is -5.88. The molecule has 2 fully saturated rings. The quantitative estimate of drug-likeness (QED) is 0.173. The first kappa shape index (κ1) is 32.3. The molecule has 0 spiro atoms. The average molecular weight is 708 g/mol. The van der Waals surface area contributed by atoms with Crippen LogP contribution < -0.4 is 21.5 Å². The molecule has 0 radical (unpaired) electrons. The predicted octanol–water partition coefficient (Wildman–Crippen LogP) is 5.32. The molecule has 4 atom stereocenters. The second kappa shape index (κ2) is 12.2. The summed E-state index contributed by atoms with van der Waals surface area (Å²) in [4.78, 5) is 58.1. The molecule has 2 amide bonds. The van der Waals surface area contributed by atoms with Crippen molar-refractivity contribution in [2.24, 2.45) is 5.92 Å². The Morgan fingerprint density at radius 2 is 1.65 bits per heavy atom. The van der Waals surface area contributed by atoms with Gasteiger partial charge in [-0.15, -0.1) is 0 Å². The molecule has 3 aliphatic rings. The first-order chi connectivity index (χ1) is 24.7. The summed E-state index contributed by atoms with van der Waals surface area (Å²) >= 11 is 6.35. The van der Waals surface area contributed by atoms with E-state index < -0.39 is 52.3 Å². The third-order valence-corrected chi connectivity index (χ3v) is 10.4. The largest absolute Gasteiger partial charge is 0.504 e. The molecular weight excluding hydrogens is 677 g/mol. The zero-order chi connectivity index (χ0) is 35.6. The van der Waals surface area contributed by atoms with Crippen molar-refractivity contribution < 1.29 is 23.8 Å². The van der Waals surface area contributed by atoms with Crippen LogP contribution in [0.15, 0.2) is 118 Å². The molecule has 11 nitrogen and oxygen atoms in total. The summed E-state index contributed by atoms with van der Waals surface area (Å²) in [6, 6.07) is 24.5. The minimum Gasteiger partial charge on any atom is -0.504 e. The van der Waals surface area contributed by atoms with Crippen molar-refractivity contribution in [1.82, 2.24) is 18.9 Å². The summed E-state index contributed by atoms with van der Waals surface area (Å²) in [6.07, 6.45) is 1.77. The second-order valence-electron chi connectivity index (χ2n) is 12.7. The maximum absolute atomic E-state index is 15.2. The second-order valence-corrected chi connectivity index (χ2v) is 13.1. The third-order valence-electron chi connectivity index (χ3n) is 10.2. The minimum absolute atomic E-state index is 0.0107. The number of fused-ring (bicyclic) bond motifs is 4. The van der Waals surface area contributed by atoms with Crippen LogP contribution in [-0.2, 0) is 21.5 Å². The molecule has 13 heteroatoms. The number of aromatic nitrogens is 3. The number of hydrazine groups is 1. The molecular formula is C38H31ClFN5O6. The molecule has 0 bridgehead atoms. The highest BCUT2D eigenvalue weighted by Crippen LogP contribution is 2.63. The van der Waals surface area contributed by atoms with Crippen LogP contribution >= 0.6 is 11.6 Å². The first-order valence-electron chi connectivity index (χ1n) is 16.5.